The van der Waals surface area contributed by atoms with Crippen molar-refractivity contribution in [1.29, 1.82) is 0 Å². The summed E-state index contributed by atoms with van der Waals surface area (Å²) in [6.07, 6.45) is 1.69. The molecule has 0 radical (unpaired) electrons. The highest BCUT2D eigenvalue weighted by Crippen LogP contribution is 2.33. The number of hydrogen-bond acceptors (Lipinski definition) is 3. The Morgan fingerprint density at radius 2 is 1.90 bits per heavy atom. The van der Waals surface area contributed by atoms with Gasteiger partial charge in [0.15, 0.2) is 6.61 Å². The molecule has 0 saturated carbocycles. The van der Waals surface area contributed by atoms with Gasteiger partial charge in [0.2, 0.25) is 0 Å². The van der Waals surface area contributed by atoms with E-state index in [1.165, 1.54) is 0 Å². The van der Waals surface area contributed by atoms with E-state index < -0.39 is 0 Å². The molecule has 3 aromatic carbocycles. The van der Waals surface area contributed by atoms with Crippen LogP contribution < -0.4 is 10.1 Å². The Bertz CT molecular complexity index is 1060. The molecule has 1 amide bonds. The summed E-state index contributed by atoms with van der Waals surface area (Å²) >= 11 is 13.1. The predicted octanol–water partition coefficient (Wildman–Crippen LogP) is 6.94. The molecule has 0 unspecified atom stereocenters. The molecule has 3 aromatic rings. The quantitative estimate of drug-likeness (QED) is 0.347. The molecule has 29 heavy (non-hydrogen) atoms. The van der Waals surface area contributed by atoms with E-state index in [1.54, 1.807) is 6.21 Å². The minimum absolute atomic E-state index is 0.133. The lowest BCUT2D eigenvalue weighted by atomic mass is 10.2. The monoisotopic (exact) mass is 534 g/mol. The zero-order valence-electron chi connectivity index (χ0n) is 15.5. The van der Waals surface area contributed by atoms with Crippen molar-refractivity contribution in [3.8, 4) is 5.75 Å². The summed E-state index contributed by atoms with van der Waals surface area (Å²) in [6.45, 7) is 1.78. The highest BCUT2D eigenvalue weighted by atomic mass is 79.9. The Morgan fingerprint density at radius 3 is 2.66 bits per heavy atom. The molecule has 0 fully saturated rings. The van der Waals surface area contributed by atoms with E-state index in [-0.39, 0.29) is 12.5 Å². The second-order valence-electron chi connectivity index (χ2n) is 6.15. The number of carbonyl (C=O) groups excluding carboxylic acids is 1. The van der Waals surface area contributed by atoms with Crippen LogP contribution in [-0.4, -0.2) is 18.7 Å². The number of para-hydroxylation sites is 1. The van der Waals surface area contributed by atoms with Gasteiger partial charge in [-0.3, -0.25) is 9.79 Å². The number of ether oxygens (including phenoxy) is 1. The predicted molar refractivity (Wildman–Crippen MR) is 126 cm³/mol. The summed E-state index contributed by atoms with van der Waals surface area (Å²) in [5.41, 5.74) is 3.10. The number of aliphatic imine (C=N–C) groups is 1. The third kappa shape index (κ3) is 5.92. The number of amides is 1. The molecule has 1 N–H and O–H groups in total. The lowest BCUT2D eigenvalue weighted by molar-refractivity contribution is -0.118. The van der Waals surface area contributed by atoms with Crippen molar-refractivity contribution < 1.29 is 9.53 Å². The Kier molecular flexibility index (Phi) is 7.47. The number of nitrogens with one attached hydrogen (secondary N) is 1. The summed E-state index contributed by atoms with van der Waals surface area (Å²) in [5, 5.41) is 3.45. The van der Waals surface area contributed by atoms with Crippen molar-refractivity contribution in [3.05, 3.63) is 85.8 Å². The lowest BCUT2D eigenvalue weighted by Crippen LogP contribution is -2.20. The Labute approximate surface area is 191 Å². The van der Waals surface area contributed by atoms with Crippen LogP contribution in [0.15, 0.2) is 74.6 Å². The van der Waals surface area contributed by atoms with Gasteiger partial charge in [-0.05, 0) is 64.8 Å². The third-order valence-electron chi connectivity index (χ3n) is 4.02. The molecule has 0 aliphatic rings. The van der Waals surface area contributed by atoms with E-state index in [2.05, 4.69) is 42.2 Å². The molecule has 0 heterocycles. The van der Waals surface area contributed by atoms with Crippen molar-refractivity contribution in [3.63, 3.8) is 0 Å². The normalized spacial score (nSPS) is 10.9. The molecule has 0 atom stereocenters. The van der Waals surface area contributed by atoms with Crippen LogP contribution in [0, 0.1) is 6.92 Å². The fourth-order valence-corrected chi connectivity index (χ4v) is 4.10. The van der Waals surface area contributed by atoms with Gasteiger partial charge in [-0.25, -0.2) is 0 Å². The van der Waals surface area contributed by atoms with Gasteiger partial charge in [0, 0.05) is 27.0 Å². The first kappa shape index (κ1) is 21.6. The van der Waals surface area contributed by atoms with Crippen LogP contribution in [0.5, 0.6) is 5.75 Å². The number of carbonyl (C=O) groups is 1. The van der Waals surface area contributed by atoms with Gasteiger partial charge in [-0.15, -0.1) is 0 Å². The van der Waals surface area contributed by atoms with Gasteiger partial charge in [0.25, 0.3) is 5.91 Å². The molecular weight excluding hydrogens is 520 g/mol. The van der Waals surface area contributed by atoms with Crippen molar-refractivity contribution >= 4 is 67.0 Å². The number of rotatable bonds is 6. The Hall–Kier alpha value is -2.15. The van der Waals surface area contributed by atoms with Crippen LogP contribution in [0.1, 0.15) is 11.1 Å². The highest BCUT2D eigenvalue weighted by Gasteiger charge is 2.12. The fraction of sp³-hybridized carbons (Fsp3) is 0.0909. The van der Waals surface area contributed by atoms with Crippen LogP contribution in [0.4, 0.5) is 11.4 Å². The molecule has 0 aliphatic heterocycles. The number of hydrogen-bond donors (Lipinski definition) is 1. The van der Waals surface area contributed by atoms with Gasteiger partial charge in [-0.2, -0.15) is 0 Å². The average molecular weight is 537 g/mol. The molecule has 4 nitrogen and oxygen atoms in total. The molecule has 0 spiro atoms. The van der Waals surface area contributed by atoms with Crippen molar-refractivity contribution in [2.75, 3.05) is 11.9 Å². The minimum atomic E-state index is -0.250. The smallest absolute Gasteiger partial charge is 0.262 e. The van der Waals surface area contributed by atoms with Gasteiger partial charge in [-0.1, -0.05) is 51.8 Å². The largest absolute Gasteiger partial charge is 0.482 e. The average Bonchev–Trinajstić information content (AvgIpc) is 2.69. The van der Waals surface area contributed by atoms with Crippen molar-refractivity contribution in [2.24, 2.45) is 4.99 Å². The minimum Gasteiger partial charge on any atom is -0.482 e. The molecule has 0 aromatic heterocycles. The molecule has 0 saturated heterocycles. The van der Waals surface area contributed by atoms with E-state index in [0.29, 0.717) is 20.9 Å². The van der Waals surface area contributed by atoms with Crippen molar-refractivity contribution in [1.82, 2.24) is 0 Å². The maximum atomic E-state index is 12.2. The highest BCUT2D eigenvalue weighted by molar-refractivity contribution is 9.11. The second-order valence-corrected chi connectivity index (χ2v) is 8.33. The topological polar surface area (TPSA) is 50.7 Å². The zero-order valence-corrected chi connectivity index (χ0v) is 19.4. The first-order valence-corrected chi connectivity index (χ1v) is 10.7. The molecule has 7 heteroatoms. The second kappa shape index (κ2) is 10.1. The number of nitrogens with zero attached hydrogens (tertiary/aromatic N) is 1. The van der Waals surface area contributed by atoms with Gasteiger partial charge in [0.1, 0.15) is 5.75 Å². The molecule has 148 valence electrons. The van der Waals surface area contributed by atoms with E-state index in [4.69, 9.17) is 16.3 Å². The molecule has 3 rings (SSSR count). The maximum absolute atomic E-state index is 12.2. The van der Waals surface area contributed by atoms with Gasteiger partial charge >= 0.3 is 0 Å². The van der Waals surface area contributed by atoms with Gasteiger partial charge in [0.05, 0.1) is 10.2 Å². The van der Waals surface area contributed by atoms with Crippen LogP contribution in [0.2, 0.25) is 5.02 Å². The van der Waals surface area contributed by atoms with Crippen LogP contribution >= 0.6 is 43.5 Å². The Balaban J connectivity index is 1.79. The first-order valence-electron chi connectivity index (χ1n) is 8.70. The van der Waals surface area contributed by atoms with Crippen LogP contribution in [-0.2, 0) is 4.79 Å². The van der Waals surface area contributed by atoms with Crippen molar-refractivity contribution in [2.45, 2.75) is 6.92 Å². The molecule has 0 bridgehead atoms. The van der Waals surface area contributed by atoms with E-state index >= 15 is 0 Å². The van der Waals surface area contributed by atoms with Gasteiger partial charge < -0.3 is 10.1 Å². The SMILES string of the molecule is Cc1c(Cl)cccc1N=Cc1cc(Br)cc(Br)c1OCC(=O)Nc1ccccc1. The Morgan fingerprint density at radius 1 is 1.14 bits per heavy atom. The maximum Gasteiger partial charge on any atom is 0.262 e. The standard InChI is InChI=1S/C22H17Br2ClN2O2/c1-14-19(25)8-5-9-20(14)26-12-15-10-16(23)11-18(24)22(15)29-13-21(28)27-17-6-3-2-4-7-17/h2-12H,13H2,1H3,(H,27,28). The first-order chi connectivity index (χ1) is 13.9. The van der Waals surface area contributed by atoms with E-state index in [9.17, 15) is 4.79 Å². The summed E-state index contributed by atoms with van der Waals surface area (Å²) in [4.78, 5) is 16.8. The summed E-state index contributed by atoms with van der Waals surface area (Å²) in [5.74, 6) is 0.277. The molecular formula is C22H17Br2ClN2O2. The zero-order chi connectivity index (χ0) is 20.8. The fourth-order valence-electron chi connectivity index (χ4n) is 2.56. The van der Waals surface area contributed by atoms with Crippen LogP contribution in [0.3, 0.4) is 0 Å². The lowest BCUT2D eigenvalue weighted by Gasteiger charge is -2.12. The van der Waals surface area contributed by atoms with E-state index in [0.717, 1.165) is 21.3 Å². The summed E-state index contributed by atoms with van der Waals surface area (Å²) in [7, 11) is 0. The number of anilines is 1. The van der Waals surface area contributed by atoms with Crippen LogP contribution in [0.25, 0.3) is 0 Å². The third-order valence-corrected chi connectivity index (χ3v) is 5.48. The molecule has 0 aliphatic carbocycles. The summed E-state index contributed by atoms with van der Waals surface area (Å²) in [6, 6.07) is 18.5. The van der Waals surface area contributed by atoms with E-state index in [1.807, 2.05) is 67.6 Å². The summed E-state index contributed by atoms with van der Waals surface area (Å²) < 4.78 is 7.37. The number of halogens is 3. The number of benzene rings is 3.